The Hall–Kier alpha value is -1.39. The average Bonchev–Trinajstić information content (AvgIpc) is 2.90. The van der Waals surface area contributed by atoms with Crippen LogP contribution >= 0.6 is 11.3 Å². The molecule has 0 bridgehead atoms. The third-order valence-corrected chi connectivity index (χ3v) is 4.00. The fourth-order valence-electron chi connectivity index (χ4n) is 2.33. The molecule has 4 heteroatoms. The highest BCUT2D eigenvalue weighted by Gasteiger charge is 2.07. The molecule has 1 heterocycles. The molecule has 0 saturated heterocycles. The van der Waals surface area contributed by atoms with Gasteiger partial charge in [0, 0.05) is 12.7 Å². The fourth-order valence-corrected chi connectivity index (χ4v) is 2.84. The van der Waals surface area contributed by atoms with Crippen LogP contribution < -0.4 is 10.1 Å². The van der Waals surface area contributed by atoms with Crippen molar-refractivity contribution >= 4 is 11.3 Å². The maximum absolute atomic E-state index is 5.96. The molecular formula is C17H24N2OS. The Kier molecular flexibility index (Phi) is 5.76. The van der Waals surface area contributed by atoms with Gasteiger partial charge in [0.2, 0.25) is 0 Å². The van der Waals surface area contributed by atoms with Gasteiger partial charge in [0.15, 0.2) is 0 Å². The van der Waals surface area contributed by atoms with E-state index in [9.17, 15) is 0 Å². The summed E-state index contributed by atoms with van der Waals surface area (Å²) in [4.78, 5) is 5.22. The maximum atomic E-state index is 5.96. The fraction of sp³-hybridized carbons (Fsp3) is 0.471. The maximum Gasteiger partial charge on any atom is 0.125 e. The zero-order valence-electron chi connectivity index (χ0n) is 13.3. The van der Waals surface area contributed by atoms with E-state index in [0.29, 0.717) is 12.5 Å². The van der Waals surface area contributed by atoms with Crippen LogP contribution in [0.3, 0.4) is 0 Å². The molecule has 0 spiro atoms. The number of benzene rings is 1. The molecule has 0 aliphatic carbocycles. The van der Waals surface area contributed by atoms with Crippen LogP contribution in [0.4, 0.5) is 0 Å². The first kappa shape index (κ1) is 16.0. The predicted octanol–water partition coefficient (Wildman–Crippen LogP) is 4.08. The first-order valence-corrected chi connectivity index (χ1v) is 8.25. The monoisotopic (exact) mass is 304 g/mol. The van der Waals surface area contributed by atoms with Crippen molar-refractivity contribution in [1.82, 2.24) is 10.3 Å². The summed E-state index contributed by atoms with van der Waals surface area (Å²) in [6.45, 7) is 11.2. The van der Waals surface area contributed by atoms with Crippen LogP contribution in [-0.4, -0.2) is 11.5 Å². The Morgan fingerprint density at radius 1 is 1.24 bits per heavy atom. The zero-order chi connectivity index (χ0) is 15.2. The van der Waals surface area contributed by atoms with Crippen LogP contribution in [0.5, 0.6) is 5.75 Å². The topological polar surface area (TPSA) is 34.1 Å². The number of thiazole rings is 1. The molecule has 1 aromatic heterocycles. The van der Waals surface area contributed by atoms with E-state index in [1.54, 1.807) is 11.3 Å². The van der Waals surface area contributed by atoms with E-state index in [2.05, 4.69) is 50.1 Å². The highest BCUT2D eigenvalue weighted by molar-refractivity contribution is 7.09. The summed E-state index contributed by atoms with van der Waals surface area (Å²) < 4.78 is 5.96. The van der Waals surface area contributed by atoms with Crippen LogP contribution in [0.1, 0.15) is 35.4 Å². The van der Waals surface area contributed by atoms with Gasteiger partial charge < -0.3 is 10.1 Å². The lowest BCUT2D eigenvalue weighted by Crippen LogP contribution is -2.19. The highest BCUT2D eigenvalue weighted by Crippen LogP contribution is 2.26. The van der Waals surface area contributed by atoms with Gasteiger partial charge in [-0.15, -0.1) is 11.3 Å². The third-order valence-electron chi connectivity index (χ3n) is 3.24. The summed E-state index contributed by atoms with van der Waals surface area (Å²) in [5.41, 5.74) is 5.54. The summed E-state index contributed by atoms with van der Waals surface area (Å²) in [5, 5.41) is 3.48. The first-order valence-electron chi connectivity index (χ1n) is 7.37. The minimum absolute atomic E-state index is 0.595. The molecule has 0 atom stereocenters. The van der Waals surface area contributed by atoms with Crippen molar-refractivity contribution in [1.29, 1.82) is 0 Å². The van der Waals surface area contributed by atoms with Crippen LogP contribution in [0.2, 0.25) is 0 Å². The number of hydrogen-bond acceptors (Lipinski definition) is 4. The molecule has 114 valence electrons. The molecule has 0 aliphatic rings. The number of aryl methyl sites for hydroxylation is 2. The number of nitrogens with zero attached hydrogens (tertiary/aromatic N) is 1. The molecule has 0 saturated carbocycles. The van der Waals surface area contributed by atoms with Gasteiger partial charge in [0.05, 0.1) is 10.4 Å². The van der Waals surface area contributed by atoms with Crippen molar-refractivity contribution in [3.63, 3.8) is 0 Å². The van der Waals surface area contributed by atoms with Gasteiger partial charge in [-0.2, -0.15) is 0 Å². The van der Waals surface area contributed by atoms with Crippen molar-refractivity contribution in [2.24, 2.45) is 5.92 Å². The standard InChI is InChI=1S/C17H24N2OS/c1-12(2)7-18-8-15-5-13(3)17(14(4)6-15)20-10-16-9-19-11-21-16/h5-6,9,11-12,18H,7-8,10H2,1-4H3. The predicted molar refractivity (Wildman–Crippen MR) is 88.9 cm³/mol. The van der Waals surface area contributed by atoms with Crippen LogP contribution in [0.25, 0.3) is 0 Å². The Bertz CT molecular complexity index is 541. The minimum Gasteiger partial charge on any atom is -0.487 e. The number of nitrogens with one attached hydrogen (secondary N) is 1. The molecule has 2 aromatic rings. The van der Waals surface area contributed by atoms with Crippen LogP contribution in [-0.2, 0) is 13.2 Å². The Morgan fingerprint density at radius 3 is 2.52 bits per heavy atom. The summed E-state index contributed by atoms with van der Waals surface area (Å²) >= 11 is 1.62. The van der Waals surface area contributed by atoms with E-state index in [1.165, 1.54) is 16.7 Å². The van der Waals surface area contributed by atoms with Gasteiger partial charge in [0.1, 0.15) is 12.4 Å². The molecule has 3 nitrogen and oxygen atoms in total. The molecule has 1 N–H and O–H groups in total. The second-order valence-corrected chi connectivity index (χ2v) is 6.81. The van der Waals surface area contributed by atoms with E-state index in [-0.39, 0.29) is 0 Å². The molecule has 0 fully saturated rings. The number of rotatable bonds is 7. The number of aromatic nitrogens is 1. The molecule has 0 aliphatic heterocycles. The smallest absolute Gasteiger partial charge is 0.125 e. The molecular weight excluding hydrogens is 280 g/mol. The molecule has 21 heavy (non-hydrogen) atoms. The van der Waals surface area contributed by atoms with Crippen LogP contribution in [0.15, 0.2) is 23.8 Å². The summed E-state index contributed by atoms with van der Waals surface area (Å²) in [7, 11) is 0. The average molecular weight is 304 g/mol. The third kappa shape index (κ3) is 4.83. The number of ether oxygens (including phenoxy) is 1. The Balaban J connectivity index is 1.99. The van der Waals surface area contributed by atoms with Gasteiger partial charge in [-0.05, 0) is 43.0 Å². The van der Waals surface area contributed by atoms with E-state index in [0.717, 1.165) is 23.7 Å². The Morgan fingerprint density at radius 2 is 1.95 bits per heavy atom. The second kappa shape index (κ2) is 7.57. The molecule has 0 unspecified atom stereocenters. The Labute approximate surface area is 131 Å². The molecule has 0 amide bonds. The van der Waals surface area contributed by atoms with Crippen molar-refractivity contribution in [2.45, 2.75) is 40.8 Å². The molecule has 0 radical (unpaired) electrons. The van der Waals surface area contributed by atoms with Gasteiger partial charge in [0.25, 0.3) is 0 Å². The van der Waals surface area contributed by atoms with Crippen molar-refractivity contribution in [2.75, 3.05) is 6.54 Å². The second-order valence-electron chi connectivity index (χ2n) is 5.84. The lowest BCUT2D eigenvalue weighted by atomic mass is 10.1. The number of hydrogen-bond donors (Lipinski definition) is 1. The van der Waals surface area contributed by atoms with Gasteiger partial charge in [-0.1, -0.05) is 26.0 Å². The van der Waals surface area contributed by atoms with Crippen LogP contribution in [0, 0.1) is 19.8 Å². The normalized spacial score (nSPS) is 11.1. The van der Waals surface area contributed by atoms with E-state index in [1.807, 2.05) is 11.7 Å². The van der Waals surface area contributed by atoms with Gasteiger partial charge in [-0.25, -0.2) is 0 Å². The highest BCUT2D eigenvalue weighted by atomic mass is 32.1. The molecule has 2 rings (SSSR count). The van der Waals surface area contributed by atoms with Crippen molar-refractivity contribution < 1.29 is 4.74 Å². The quantitative estimate of drug-likeness (QED) is 0.837. The summed E-state index contributed by atoms with van der Waals surface area (Å²) in [6, 6.07) is 4.42. The summed E-state index contributed by atoms with van der Waals surface area (Å²) in [5.74, 6) is 1.67. The van der Waals surface area contributed by atoms with E-state index >= 15 is 0 Å². The largest absolute Gasteiger partial charge is 0.487 e. The summed E-state index contributed by atoms with van der Waals surface area (Å²) in [6.07, 6.45) is 1.86. The van der Waals surface area contributed by atoms with Crippen molar-refractivity contribution in [3.8, 4) is 5.75 Å². The minimum atomic E-state index is 0.595. The van der Waals surface area contributed by atoms with E-state index < -0.39 is 0 Å². The van der Waals surface area contributed by atoms with Crippen molar-refractivity contribution in [3.05, 3.63) is 45.4 Å². The first-order chi connectivity index (χ1) is 10.1. The lowest BCUT2D eigenvalue weighted by molar-refractivity contribution is 0.305. The van der Waals surface area contributed by atoms with Gasteiger partial charge >= 0.3 is 0 Å². The molecule has 1 aromatic carbocycles. The lowest BCUT2D eigenvalue weighted by Gasteiger charge is -2.14. The van der Waals surface area contributed by atoms with Gasteiger partial charge in [-0.3, -0.25) is 4.98 Å². The zero-order valence-corrected chi connectivity index (χ0v) is 14.1. The van der Waals surface area contributed by atoms with E-state index in [4.69, 9.17) is 4.74 Å². The SMILES string of the molecule is Cc1cc(CNCC(C)C)cc(C)c1OCc1cncs1.